The molecule has 5 nitrogen and oxygen atoms in total. The van der Waals surface area contributed by atoms with E-state index in [9.17, 15) is 4.79 Å². The zero-order valence-electron chi connectivity index (χ0n) is 16.5. The fourth-order valence-electron chi connectivity index (χ4n) is 4.46. The predicted octanol–water partition coefficient (Wildman–Crippen LogP) is 3.77. The number of nitrogens with zero attached hydrogens (tertiary/aromatic N) is 3. The molecule has 1 aliphatic heterocycles. The van der Waals surface area contributed by atoms with E-state index >= 15 is 0 Å². The van der Waals surface area contributed by atoms with E-state index < -0.39 is 0 Å². The second-order valence-electron chi connectivity index (χ2n) is 8.02. The number of carbonyl (C=O) groups is 1. The fourth-order valence-corrected chi connectivity index (χ4v) is 4.46. The Morgan fingerprint density at radius 2 is 2.15 bits per heavy atom. The van der Waals surface area contributed by atoms with Crippen LogP contribution in [0.1, 0.15) is 35.2 Å². The van der Waals surface area contributed by atoms with Gasteiger partial charge >= 0.3 is 0 Å². The Morgan fingerprint density at radius 1 is 1.30 bits per heavy atom. The van der Waals surface area contributed by atoms with Crippen molar-refractivity contribution >= 4 is 16.8 Å². The van der Waals surface area contributed by atoms with Crippen LogP contribution < -0.4 is 0 Å². The van der Waals surface area contributed by atoms with Crippen molar-refractivity contribution in [3.05, 3.63) is 53.2 Å². The number of benzene rings is 1. The largest absolute Gasteiger partial charge is 0.358 e. The second kappa shape index (κ2) is 7.22. The van der Waals surface area contributed by atoms with Gasteiger partial charge in [0.05, 0.1) is 12.7 Å². The third-order valence-electron chi connectivity index (χ3n) is 5.80. The van der Waals surface area contributed by atoms with Gasteiger partial charge in [0, 0.05) is 48.6 Å². The van der Waals surface area contributed by atoms with Gasteiger partial charge in [0.2, 0.25) is 5.91 Å². The number of H-pyrrole nitrogens is 1. The van der Waals surface area contributed by atoms with Crippen LogP contribution in [0.15, 0.2) is 30.9 Å². The molecule has 3 aromatic rings. The van der Waals surface area contributed by atoms with Gasteiger partial charge in [-0.25, -0.2) is 4.98 Å². The smallest absolute Gasteiger partial charge is 0.227 e. The summed E-state index contributed by atoms with van der Waals surface area (Å²) in [6, 6.07) is 4.39. The Labute approximate surface area is 160 Å². The van der Waals surface area contributed by atoms with Crippen molar-refractivity contribution in [2.24, 2.45) is 5.92 Å². The lowest BCUT2D eigenvalue weighted by Crippen LogP contribution is -2.41. The lowest BCUT2D eigenvalue weighted by molar-refractivity contribution is -0.132. The van der Waals surface area contributed by atoms with Crippen LogP contribution in [-0.2, 0) is 17.8 Å². The van der Waals surface area contributed by atoms with Gasteiger partial charge in [0.15, 0.2) is 0 Å². The molecule has 0 aliphatic carbocycles. The monoisotopic (exact) mass is 364 g/mol. The number of carbonyl (C=O) groups excluding carboxylic acids is 1. The second-order valence-corrected chi connectivity index (χ2v) is 8.02. The molecule has 2 aromatic heterocycles. The number of hydrogen-bond donors (Lipinski definition) is 1. The standard InChI is InChI=1S/C22H28N4O/c1-15-9-16(2)22-20(10-15)19(17(3)24-22)11-21(27)26-7-4-5-18(13-26)12-25-8-6-23-14-25/h6,8-10,14,18,24H,4-5,7,11-13H2,1-3H3/t18-/m1/s1. The van der Waals surface area contributed by atoms with Crippen LogP contribution in [0.5, 0.6) is 0 Å². The molecule has 0 spiro atoms. The van der Waals surface area contributed by atoms with Gasteiger partial charge in [0.1, 0.15) is 0 Å². The van der Waals surface area contributed by atoms with Gasteiger partial charge in [-0.15, -0.1) is 0 Å². The highest BCUT2D eigenvalue weighted by molar-refractivity contribution is 5.92. The van der Waals surface area contributed by atoms with Crippen LogP contribution in [-0.4, -0.2) is 38.4 Å². The highest BCUT2D eigenvalue weighted by Gasteiger charge is 2.25. The number of rotatable bonds is 4. The summed E-state index contributed by atoms with van der Waals surface area (Å²) in [5.74, 6) is 0.749. The Hall–Kier alpha value is -2.56. The van der Waals surface area contributed by atoms with E-state index in [2.05, 4.69) is 52.3 Å². The summed E-state index contributed by atoms with van der Waals surface area (Å²) < 4.78 is 2.12. The Kier molecular flexibility index (Phi) is 4.77. The number of aromatic nitrogens is 3. The SMILES string of the molecule is Cc1cc(C)c2[nH]c(C)c(CC(=O)N3CCC[C@H](Cn4ccnc4)C3)c2c1. The van der Waals surface area contributed by atoms with Crippen molar-refractivity contribution in [2.45, 2.75) is 46.6 Å². The molecule has 4 rings (SSSR count). The van der Waals surface area contributed by atoms with Crippen molar-refractivity contribution in [3.8, 4) is 0 Å². The van der Waals surface area contributed by atoms with E-state index in [0.717, 1.165) is 42.8 Å². The normalized spacial score (nSPS) is 17.6. The lowest BCUT2D eigenvalue weighted by Gasteiger charge is -2.33. The average molecular weight is 364 g/mol. The average Bonchev–Trinajstić information content (AvgIpc) is 3.24. The van der Waals surface area contributed by atoms with Gasteiger partial charge in [-0.3, -0.25) is 4.79 Å². The summed E-state index contributed by atoms with van der Waals surface area (Å²) in [5.41, 5.74) is 5.91. The molecule has 0 radical (unpaired) electrons. The summed E-state index contributed by atoms with van der Waals surface area (Å²) in [6.07, 6.45) is 8.41. The third-order valence-corrected chi connectivity index (χ3v) is 5.80. The molecule has 0 bridgehead atoms. The topological polar surface area (TPSA) is 53.9 Å². The number of nitrogens with one attached hydrogen (secondary N) is 1. The molecule has 0 saturated carbocycles. The Bertz CT molecular complexity index is 955. The Morgan fingerprint density at radius 3 is 2.93 bits per heavy atom. The summed E-state index contributed by atoms with van der Waals surface area (Å²) in [7, 11) is 0. The maximum Gasteiger partial charge on any atom is 0.227 e. The zero-order valence-corrected chi connectivity index (χ0v) is 16.5. The number of fused-ring (bicyclic) bond motifs is 1. The van der Waals surface area contributed by atoms with Crippen molar-refractivity contribution in [1.29, 1.82) is 0 Å². The number of aryl methyl sites for hydroxylation is 3. The summed E-state index contributed by atoms with van der Waals surface area (Å²) in [6.45, 7) is 8.98. The van der Waals surface area contributed by atoms with E-state index in [0.29, 0.717) is 12.3 Å². The minimum absolute atomic E-state index is 0.244. The highest BCUT2D eigenvalue weighted by Crippen LogP contribution is 2.28. The van der Waals surface area contributed by atoms with Crippen molar-refractivity contribution in [2.75, 3.05) is 13.1 Å². The quantitative estimate of drug-likeness (QED) is 0.766. The molecule has 1 atom stereocenters. The minimum atomic E-state index is 0.244. The summed E-state index contributed by atoms with van der Waals surface area (Å²) >= 11 is 0. The molecule has 1 aromatic carbocycles. The molecule has 1 amide bonds. The van der Waals surface area contributed by atoms with Gasteiger partial charge in [-0.05, 0) is 56.7 Å². The molecule has 0 unspecified atom stereocenters. The number of hydrogen-bond acceptors (Lipinski definition) is 2. The molecular weight excluding hydrogens is 336 g/mol. The first-order chi connectivity index (χ1) is 13.0. The minimum Gasteiger partial charge on any atom is -0.358 e. The first kappa shape index (κ1) is 17.8. The van der Waals surface area contributed by atoms with E-state index in [-0.39, 0.29) is 5.91 Å². The number of piperidine rings is 1. The van der Waals surface area contributed by atoms with Crippen molar-refractivity contribution in [1.82, 2.24) is 19.4 Å². The van der Waals surface area contributed by atoms with Gasteiger partial charge < -0.3 is 14.5 Å². The Balaban J connectivity index is 1.50. The zero-order chi connectivity index (χ0) is 19.0. The summed E-state index contributed by atoms with van der Waals surface area (Å²) in [4.78, 5) is 22.7. The highest BCUT2D eigenvalue weighted by atomic mass is 16.2. The van der Waals surface area contributed by atoms with Crippen LogP contribution in [0, 0.1) is 26.7 Å². The molecule has 5 heteroatoms. The number of imidazole rings is 1. The molecule has 1 N–H and O–H groups in total. The molecule has 3 heterocycles. The van der Waals surface area contributed by atoms with Gasteiger partial charge in [0.25, 0.3) is 0 Å². The first-order valence-electron chi connectivity index (χ1n) is 9.83. The number of aromatic amines is 1. The van der Waals surface area contributed by atoms with Crippen LogP contribution in [0.4, 0.5) is 0 Å². The van der Waals surface area contributed by atoms with E-state index in [1.54, 1.807) is 0 Å². The van der Waals surface area contributed by atoms with Crippen molar-refractivity contribution in [3.63, 3.8) is 0 Å². The van der Waals surface area contributed by atoms with Crippen molar-refractivity contribution < 1.29 is 4.79 Å². The fraction of sp³-hybridized carbons (Fsp3) is 0.455. The molecule has 142 valence electrons. The molecule has 1 fully saturated rings. The third kappa shape index (κ3) is 3.64. The molecule has 1 aliphatic rings. The molecular formula is C22H28N4O. The number of amides is 1. The van der Waals surface area contributed by atoms with Crippen LogP contribution in [0.2, 0.25) is 0 Å². The van der Waals surface area contributed by atoms with Crippen LogP contribution >= 0.6 is 0 Å². The predicted molar refractivity (Wildman–Crippen MR) is 108 cm³/mol. The van der Waals surface area contributed by atoms with Crippen LogP contribution in [0.3, 0.4) is 0 Å². The van der Waals surface area contributed by atoms with Gasteiger partial charge in [-0.2, -0.15) is 0 Å². The van der Waals surface area contributed by atoms with Crippen LogP contribution in [0.25, 0.3) is 10.9 Å². The number of likely N-dealkylation sites (tertiary alicyclic amines) is 1. The first-order valence-corrected chi connectivity index (χ1v) is 9.83. The van der Waals surface area contributed by atoms with E-state index in [1.807, 2.05) is 18.7 Å². The molecule has 1 saturated heterocycles. The summed E-state index contributed by atoms with van der Waals surface area (Å²) in [5, 5.41) is 1.20. The van der Waals surface area contributed by atoms with Gasteiger partial charge in [-0.1, -0.05) is 11.6 Å². The molecule has 27 heavy (non-hydrogen) atoms. The van der Waals surface area contributed by atoms with E-state index in [4.69, 9.17) is 0 Å². The maximum absolute atomic E-state index is 13.1. The maximum atomic E-state index is 13.1. The van der Waals surface area contributed by atoms with E-state index in [1.165, 1.54) is 22.9 Å². The lowest BCUT2D eigenvalue weighted by atomic mass is 9.96.